The first-order valence-corrected chi connectivity index (χ1v) is 7.56. The Kier molecular flexibility index (Phi) is 5.83. The Morgan fingerprint density at radius 3 is 2.75 bits per heavy atom. The smallest absolute Gasteiger partial charge is 0.292 e. The number of rotatable bonds is 7. The van der Waals surface area contributed by atoms with Crippen LogP contribution in [0, 0.1) is 15.9 Å². The molecule has 0 radical (unpaired) electrons. The lowest BCUT2D eigenvalue weighted by Gasteiger charge is -2.09. The molecule has 0 heterocycles. The molecule has 0 aromatic heterocycles. The van der Waals surface area contributed by atoms with Crippen molar-refractivity contribution in [2.75, 3.05) is 11.9 Å². The van der Waals surface area contributed by atoms with E-state index in [4.69, 9.17) is 0 Å². The number of nitrogens with zero attached hydrogens (tertiary/aromatic N) is 1. The van der Waals surface area contributed by atoms with Crippen LogP contribution in [0.1, 0.15) is 29.3 Å². The molecule has 0 bridgehead atoms. The van der Waals surface area contributed by atoms with Gasteiger partial charge in [0.2, 0.25) is 0 Å². The normalized spacial score (nSPS) is 10.2. The first kappa shape index (κ1) is 17.4. The van der Waals surface area contributed by atoms with Crippen LogP contribution in [0.2, 0.25) is 0 Å². The van der Waals surface area contributed by atoms with Crippen molar-refractivity contribution in [1.82, 2.24) is 5.32 Å². The van der Waals surface area contributed by atoms with Crippen LogP contribution >= 0.6 is 0 Å². The molecule has 0 fully saturated rings. The quantitative estimate of drug-likeness (QED) is 0.601. The van der Waals surface area contributed by atoms with E-state index in [0.29, 0.717) is 12.1 Å². The van der Waals surface area contributed by atoms with Gasteiger partial charge < -0.3 is 10.6 Å². The maximum absolute atomic E-state index is 13.3. The monoisotopic (exact) mass is 331 g/mol. The van der Waals surface area contributed by atoms with Crippen LogP contribution in [0.3, 0.4) is 0 Å². The standard InChI is InChI=1S/C17H18FN3O3/c1-2-8-19-17(22)13-5-3-4-12(9-13)11-20-15-10-14(18)6-7-16(15)21(23)24/h3-7,9-10,20H,2,8,11H2,1H3,(H,19,22). The Morgan fingerprint density at radius 2 is 2.04 bits per heavy atom. The number of carbonyl (C=O) groups is 1. The molecule has 0 spiro atoms. The highest BCUT2D eigenvalue weighted by atomic mass is 19.1. The molecule has 0 aliphatic heterocycles. The van der Waals surface area contributed by atoms with Crippen molar-refractivity contribution in [2.24, 2.45) is 0 Å². The lowest BCUT2D eigenvalue weighted by atomic mass is 10.1. The first-order chi connectivity index (χ1) is 11.5. The molecule has 2 rings (SSSR count). The number of benzene rings is 2. The lowest BCUT2D eigenvalue weighted by molar-refractivity contribution is -0.384. The van der Waals surface area contributed by atoms with E-state index >= 15 is 0 Å². The first-order valence-electron chi connectivity index (χ1n) is 7.56. The fourth-order valence-corrected chi connectivity index (χ4v) is 2.17. The van der Waals surface area contributed by atoms with E-state index in [0.717, 1.165) is 30.2 Å². The molecule has 24 heavy (non-hydrogen) atoms. The van der Waals surface area contributed by atoms with Gasteiger partial charge in [-0.3, -0.25) is 14.9 Å². The summed E-state index contributed by atoms with van der Waals surface area (Å²) in [4.78, 5) is 22.4. The van der Waals surface area contributed by atoms with Crippen LogP contribution in [-0.4, -0.2) is 17.4 Å². The van der Waals surface area contributed by atoms with Crippen molar-refractivity contribution in [3.05, 3.63) is 69.5 Å². The molecule has 0 unspecified atom stereocenters. The van der Waals surface area contributed by atoms with Crippen molar-refractivity contribution in [3.63, 3.8) is 0 Å². The fourth-order valence-electron chi connectivity index (χ4n) is 2.17. The summed E-state index contributed by atoms with van der Waals surface area (Å²) in [6, 6.07) is 10.2. The van der Waals surface area contributed by atoms with Crippen molar-refractivity contribution >= 4 is 17.3 Å². The summed E-state index contributed by atoms with van der Waals surface area (Å²) in [7, 11) is 0. The number of nitro groups is 1. The average molecular weight is 331 g/mol. The van der Waals surface area contributed by atoms with Gasteiger partial charge in [-0.05, 0) is 30.2 Å². The molecule has 0 aliphatic carbocycles. The third kappa shape index (κ3) is 4.52. The summed E-state index contributed by atoms with van der Waals surface area (Å²) >= 11 is 0. The van der Waals surface area contributed by atoms with E-state index in [2.05, 4.69) is 10.6 Å². The Bertz CT molecular complexity index is 750. The van der Waals surface area contributed by atoms with Crippen LogP contribution in [0.5, 0.6) is 0 Å². The molecule has 6 nitrogen and oxygen atoms in total. The molecule has 2 aromatic rings. The number of amides is 1. The Hall–Kier alpha value is -2.96. The minimum atomic E-state index is -0.573. The van der Waals surface area contributed by atoms with E-state index in [9.17, 15) is 19.3 Å². The van der Waals surface area contributed by atoms with E-state index in [1.165, 1.54) is 0 Å². The molecule has 0 saturated heterocycles. The number of hydrogen-bond donors (Lipinski definition) is 2. The second-order valence-corrected chi connectivity index (χ2v) is 5.23. The van der Waals surface area contributed by atoms with E-state index < -0.39 is 10.7 Å². The van der Waals surface area contributed by atoms with E-state index in [1.54, 1.807) is 24.3 Å². The van der Waals surface area contributed by atoms with Crippen LogP contribution in [-0.2, 0) is 6.54 Å². The van der Waals surface area contributed by atoms with Crippen molar-refractivity contribution < 1.29 is 14.1 Å². The van der Waals surface area contributed by atoms with Crippen molar-refractivity contribution in [2.45, 2.75) is 19.9 Å². The molecule has 7 heteroatoms. The third-order valence-corrected chi connectivity index (χ3v) is 3.36. The number of nitrogens with one attached hydrogen (secondary N) is 2. The molecule has 2 aromatic carbocycles. The molecule has 0 saturated carbocycles. The number of hydrogen-bond acceptors (Lipinski definition) is 4. The summed E-state index contributed by atoms with van der Waals surface area (Å²) < 4.78 is 13.3. The predicted octanol–water partition coefficient (Wildman–Crippen LogP) is 3.49. The maximum Gasteiger partial charge on any atom is 0.292 e. The highest BCUT2D eigenvalue weighted by Gasteiger charge is 2.14. The molecular weight excluding hydrogens is 313 g/mol. The molecular formula is C17H18FN3O3. The van der Waals surface area contributed by atoms with E-state index in [-0.39, 0.29) is 23.8 Å². The van der Waals surface area contributed by atoms with Crippen LogP contribution in [0.25, 0.3) is 0 Å². The topological polar surface area (TPSA) is 84.3 Å². The summed E-state index contributed by atoms with van der Waals surface area (Å²) in [5.74, 6) is -0.730. The lowest BCUT2D eigenvalue weighted by Crippen LogP contribution is -2.24. The SMILES string of the molecule is CCCNC(=O)c1cccc(CNc2cc(F)ccc2[N+](=O)[O-])c1. The minimum Gasteiger partial charge on any atom is -0.375 e. The Morgan fingerprint density at radius 1 is 1.25 bits per heavy atom. The molecule has 0 aliphatic rings. The van der Waals surface area contributed by atoms with Crippen LogP contribution in [0.4, 0.5) is 15.8 Å². The zero-order valence-electron chi connectivity index (χ0n) is 13.2. The highest BCUT2D eigenvalue weighted by Crippen LogP contribution is 2.25. The second-order valence-electron chi connectivity index (χ2n) is 5.23. The average Bonchev–Trinajstić information content (AvgIpc) is 2.57. The van der Waals surface area contributed by atoms with Gasteiger partial charge in [-0.2, -0.15) is 0 Å². The highest BCUT2D eigenvalue weighted by molar-refractivity contribution is 5.94. The van der Waals surface area contributed by atoms with Crippen LogP contribution in [0.15, 0.2) is 42.5 Å². The maximum atomic E-state index is 13.3. The summed E-state index contributed by atoms with van der Waals surface area (Å²) in [6.07, 6.45) is 0.843. The summed E-state index contributed by atoms with van der Waals surface area (Å²) in [5.41, 5.74) is 1.17. The van der Waals surface area contributed by atoms with Gasteiger partial charge >= 0.3 is 0 Å². The van der Waals surface area contributed by atoms with Gasteiger partial charge in [-0.1, -0.05) is 19.1 Å². The molecule has 1 amide bonds. The summed E-state index contributed by atoms with van der Waals surface area (Å²) in [5, 5.41) is 16.6. The van der Waals surface area contributed by atoms with Gasteiger partial charge in [-0.25, -0.2) is 4.39 Å². The number of anilines is 1. The van der Waals surface area contributed by atoms with Gasteiger partial charge in [0.05, 0.1) is 4.92 Å². The van der Waals surface area contributed by atoms with Crippen LogP contribution < -0.4 is 10.6 Å². The molecule has 0 atom stereocenters. The number of halogens is 1. The van der Waals surface area contributed by atoms with Gasteiger partial charge in [0.15, 0.2) is 0 Å². The molecule has 2 N–H and O–H groups in total. The molecule has 126 valence electrons. The Labute approximate surface area is 138 Å². The van der Waals surface area contributed by atoms with E-state index in [1.807, 2.05) is 6.92 Å². The third-order valence-electron chi connectivity index (χ3n) is 3.36. The van der Waals surface area contributed by atoms with Gasteiger partial charge in [0.1, 0.15) is 11.5 Å². The second kappa shape index (κ2) is 8.05. The number of carbonyl (C=O) groups excluding carboxylic acids is 1. The summed E-state index contributed by atoms with van der Waals surface area (Å²) in [6.45, 7) is 2.79. The largest absolute Gasteiger partial charge is 0.375 e. The zero-order valence-corrected chi connectivity index (χ0v) is 13.2. The van der Waals surface area contributed by atoms with Gasteiger partial charge in [0.25, 0.3) is 11.6 Å². The fraction of sp³-hybridized carbons (Fsp3) is 0.235. The Balaban J connectivity index is 2.11. The zero-order chi connectivity index (χ0) is 17.5. The minimum absolute atomic E-state index is 0.0980. The van der Waals surface area contributed by atoms with Gasteiger partial charge in [-0.15, -0.1) is 0 Å². The van der Waals surface area contributed by atoms with Gasteiger partial charge in [0, 0.05) is 30.8 Å². The predicted molar refractivity (Wildman–Crippen MR) is 89.4 cm³/mol. The van der Waals surface area contributed by atoms with Crippen molar-refractivity contribution in [1.29, 1.82) is 0 Å². The van der Waals surface area contributed by atoms with Crippen molar-refractivity contribution in [3.8, 4) is 0 Å². The number of nitro benzene ring substituents is 1.